The van der Waals surface area contributed by atoms with Crippen LogP contribution in [0.25, 0.3) is 0 Å². The maximum Gasteiger partial charge on any atom is 0.335 e. The average Bonchev–Trinajstić information content (AvgIpc) is 3.64. The first-order valence-corrected chi connectivity index (χ1v) is 12.8. The van der Waals surface area contributed by atoms with E-state index in [1.807, 2.05) is 38.1 Å². The van der Waals surface area contributed by atoms with E-state index in [1.54, 1.807) is 38.5 Å². The van der Waals surface area contributed by atoms with Crippen LogP contribution in [0, 0.1) is 5.41 Å². The highest BCUT2D eigenvalue weighted by molar-refractivity contribution is 6.08. The molecule has 0 amide bonds. The van der Waals surface area contributed by atoms with Crippen molar-refractivity contribution < 1.29 is 38.0 Å². The predicted octanol–water partition coefficient (Wildman–Crippen LogP) is 4.23. The molecule has 2 aliphatic heterocycles. The number of carbonyl (C=O) groups excluding carboxylic acids is 2. The van der Waals surface area contributed by atoms with Gasteiger partial charge in [-0.15, -0.1) is 0 Å². The lowest BCUT2D eigenvalue weighted by molar-refractivity contribution is -0.144. The maximum absolute atomic E-state index is 12.8. The quantitative estimate of drug-likeness (QED) is 0.413. The van der Waals surface area contributed by atoms with Crippen molar-refractivity contribution in [2.45, 2.75) is 51.0 Å². The molecule has 0 N–H and O–H groups in total. The molecule has 0 saturated heterocycles. The average molecular weight is 539 g/mol. The standard InChI is InChI=1S/C29H34N2O8/c1-7-29(8-2,27-30-21(25(32)36-5)23(38-27)17-9-13-19(34-3)14-10-17)28-31-22(26(33)37-6)24(39-28)18-11-15-20(35-4)16-12-18/h9-16,21-24H,7-8H2,1-6H3. The number of methoxy groups -OCH3 is 4. The van der Waals surface area contributed by atoms with Crippen LogP contribution in [-0.4, -0.2) is 64.3 Å². The number of benzene rings is 2. The van der Waals surface area contributed by atoms with Gasteiger partial charge in [0.15, 0.2) is 24.3 Å². The summed E-state index contributed by atoms with van der Waals surface area (Å²) in [7, 11) is 5.80. The minimum absolute atomic E-state index is 0.307. The minimum Gasteiger partial charge on any atom is -0.497 e. The molecule has 0 aromatic heterocycles. The van der Waals surface area contributed by atoms with Gasteiger partial charge in [0, 0.05) is 0 Å². The van der Waals surface area contributed by atoms with E-state index < -0.39 is 41.6 Å². The Hall–Kier alpha value is -4.08. The molecule has 208 valence electrons. The second-order valence-electron chi connectivity index (χ2n) is 9.22. The second-order valence-corrected chi connectivity index (χ2v) is 9.22. The van der Waals surface area contributed by atoms with E-state index in [2.05, 4.69) is 0 Å². The first-order chi connectivity index (χ1) is 18.8. The van der Waals surface area contributed by atoms with Gasteiger partial charge in [0.1, 0.15) is 16.9 Å². The molecule has 10 heteroatoms. The third kappa shape index (κ3) is 5.15. The molecule has 2 aliphatic rings. The minimum atomic E-state index is -0.930. The predicted molar refractivity (Wildman–Crippen MR) is 143 cm³/mol. The third-order valence-electron chi connectivity index (χ3n) is 7.36. The lowest BCUT2D eigenvalue weighted by Crippen LogP contribution is -2.39. The monoisotopic (exact) mass is 538 g/mol. The van der Waals surface area contributed by atoms with Crippen LogP contribution in [0.4, 0.5) is 0 Å². The number of ether oxygens (including phenoxy) is 6. The molecular formula is C29H34N2O8. The number of hydrogen-bond donors (Lipinski definition) is 0. The molecule has 0 aliphatic carbocycles. The largest absolute Gasteiger partial charge is 0.497 e. The van der Waals surface area contributed by atoms with Crippen LogP contribution in [0.1, 0.15) is 50.0 Å². The molecule has 2 heterocycles. The van der Waals surface area contributed by atoms with E-state index >= 15 is 0 Å². The van der Waals surface area contributed by atoms with Crippen molar-refractivity contribution in [3.05, 3.63) is 59.7 Å². The zero-order valence-corrected chi connectivity index (χ0v) is 23.0. The zero-order chi connectivity index (χ0) is 28.2. The summed E-state index contributed by atoms with van der Waals surface area (Å²) in [6, 6.07) is 12.6. The van der Waals surface area contributed by atoms with E-state index in [0.717, 1.165) is 11.1 Å². The van der Waals surface area contributed by atoms with Gasteiger partial charge in [0.25, 0.3) is 0 Å². The van der Waals surface area contributed by atoms with Gasteiger partial charge in [-0.3, -0.25) is 0 Å². The molecule has 0 spiro atoms. The molecule has 0 fully saturated rings. The van der Waals surface area contributed by atoms with Crippen LogP contribution in [0.3, 0.4) is 0 Å². The summed E-state index contributed by atoms with van der Waals surface area (Å²) in [6.45, 7) is 3.92. The molecule has 4 atom stereocenters. The molecule has 0 bridgehead atoms. The van der Waals surface area contributed by atoms with E-state index in [1.165, 1.54) is 14.2 Å². The van der Waals surface area contributed by atoms with Crippen LogP contribution >= 0.6 is 0 Å². The van der Waals surface area contributed by atoms with Crippen molar-refractivity contribution in [1.82, 2.24) is 0 Å². The van der Waals surface area contributed by atoms with E-state index in [4.69, 9.17) is 38.4 Å². The van der Waals surface area contributed by atoms with Crippen LogP contribution in [0.5, 0.6) is 11.5 Å². The maximum atomic E-state index is 12.8. The first kappa shape index (κ1) is 27.9. The summed E-state index contributed by atoms with van der Waals surface area (Å²) in [5.41, 5.74) is 0.550. The highest BCUT2D eigenvalue weighted by Gasteiger charge is 2.53. The molecule has 0 radical (unpaired) electrons. The fraction of sp³-hybridized carbons (Fsp3) is 0.448. The van der Waals surface area contributed by atoms with Gasteiger partial charge in [0.05, 0.1) is 28.4 Å². The van der Waals surface area contributed by atoms with Crippen molar-refractivity contribution in [2.75, 3.05) is 28.4 Å². The van der Waals surface area contributed by atoms with Crippen LogP contribution < -0.4 is 9.47 Å². The van der Waals surface area contributed by atoms with E-state index in [0.29, 0.717) is 36.1 Å². The Kier molecular flexibility index (Phi) is 8.42. The van der Waals surface area contributed by atoms with Crippen molar-refractivity contribution in [2.24, 2.45) is 15.4 Å². The summed E-state index contributed by atoms with van der Waals surface area (Å²) >= 11 is 0. The van der Waals surface area contributed by atoms with Crippen molar-refractivity contribution in [1.29, 1.82) is 0 Å². The van der Waals surface area contributed by atoms with Gasteiger partial charge < -0.3 is 28.4 Å². The fourth-order valence-corrected chi connectivity index (χ4v) is 4.92. The van der Waals surface area contributed by atoms with Crippen molar-refractivity contribution >= 4 is 23.7 Å². The van der Waals surface area contributed by atoms with Gasteiger partial charge in [-0.05, 0) is 48.2 Å². The molecular weight excluding hydrogens is 504 g/mol. The summed E-state index contributed by atoms with van der Waals surface area (Å²) in [6.07, 6.45) is -0.445. The van der Waals surface area contributed by atoms with Crippen molar-refractivity contribution in [3.8, 4) is 11.5 Å². The summed E-state index contributed by atoms with van der Waals surface area (Å²) < 4.78 is 33.5. The number of nitrogens with zero attached hydrogens (tertiary/aromatic N) is 2. The Morgan fingerprint density at radius 3 is 1.33 bits per heavy atom. The topological polar surface area (TPSA) is 114 Å². The number of esters is 2. The highest BCUT2D eigenvalue weighted by atomic mass is 16.6. The van der Waals surface area contributed by atoms with Crippen LogP contribution in [-0.2, 0) is 28.5 Å². The Balaban J connectivity index is 1.72. The normalized spacial score (nSPS) is 22.2. The van der Waals surface area contributed by atoms with Crippen LogP contribution in [0.2, 0.25) is 0 Å². The molecule has 2 aromatic rings. The summed E-state index contributed by atoms with van der Waals surface area (Å²) in [4.78, 5) is 35.0. The smallest absolute Gasteiger partial charge is 0.335 e. The highest BCUT2D eigenvalue weighted by Crippen LogP contribution is 2.44. The SMILES string of the molecule is CCC(CC)(C1=NC(C(=O)OC)C(c2ccc(OC)cc2)O1)C1=NC(C(=O)OC)C(c2ccc(OC)cc2)O1. The molecule has 0 saturated carbocycles. The van der Waals surface area contributed by atoms with Gasteiger partial charge in [-0.25, -0.2) is 19.6 Å². The zero-order valence-electron chi connectivity index (χ0n) is 23.0. The third-order valence-corrected chi connectivity index (χ3v) is 7.36. The van der Waals surface area contributed by atoms with Crippen molar-refractivity contribution in [3.63, 3.8) is 0 Å². The van der Waals surface area contributed by atoms with Crippen LogP contribution in [0.15, 0.2) is 58.5 Å². The molecule has 39 heavy (non-hydrogen) atoms. The molecule has 2 aromatic carbocycles. The molecule has 4 unspecified atom stereocenters. The molecule has 10 nitrogen and oxygen atoms in total. The van der Waals surface area contributed by atoms with Gasteiger partial charge >= 0.3 is 11.9 Å². The Morgan fingerprint density at radius 1 is 0.692 bits per heavy atom. The van der Waals surface area contributed by atoms with Gasteiger partial charge in [0.2, 0.25) is 11.8 Å². The number of aliphatic imine (C=N–C) groups is 2. The van der Waals surface area contributed by atoms with Gasteiger partial charge in [-0.1, -0.05) is 38.1 Å². The Morgan fingerprint density at radius 2 is 1.05 bits per heavy atom. The van der Waals surface area contributed by atoms with E-state index in [-0.39, 0.29) is 0 Å². The number of rotatable bonds is 10. The Labute approximate surface area is 227 Å². The number of carbonyl (C=O) groups is 2. The lowest BCUT2D eigenvalue weighted by Gasteiger charge is -2.31. The molecule has 4 rings (SSSR count). The number of hydrogen-bond acceptors (Lipinski definition) is 10. The van der Waals surface area contributed by atoms with E-state index in [9.17, 15) is 9.59 Å². The summed E-state index contributed by atoms with van der Waals surface area (Å²) in [5, 5.41) is 0. The summed E-state index contributed by atoms with van der Waals surface area (Å²) in [5.74, 6) is 0.921. The Bertz CT molecular complexity index is 1140. The van der Waals surface area contributed by atoms with Gasteiger partial charge in [-0.2, -0.15) is 0 Å². The lowest BCUT2D eigenvalue weighted by atomic mass is 9.81. The first-order valence-electron chi connectivity index (χ1n) is 12.8. The fourth-order valence-electron chi connectivity index (χ4n) is 4.92. The second kappa shape index (κ2) is 11.8.